The lowest BCUT2D eigenvalue weighted by Crippen LogP contribution is -2.01. The topological polar surface area (TPSA) is 35.0 Å². The van der Waals surface area contributed by atoms with E-state index in [0.29, 0.717) is 38.1 Å². The van der Waals surface area contributed by atoms with Crippen LogP contribution in [0.3, 0.4) is 0 Å². The lowest BCUT2D eigenvalue weighted by molar-refractivity contribution is 0.391. The third-order valence-corrected chi connectivity index (χ3v) is 6.12. The zero-order chi connectivity index (χ0) is 21.1. The summed E-state index contributed by atoms with van der Waals surface area (Å²) in [5.74, 6) is 1.07. The van der Waals surface area contributed by atoms with Crippen molar-refractivity contribution in [3.05, 3.63) is 62.3 Å². The predicted molar refractivity (Wildman–Crippen MR) is 123 cm³/mol. The molecule has 0 radical (unpaired) electrons. The van der Waals surface area contributed by atoms with Crippen molar-refractivity contribution in [3.63, 3.8) is 0 Å². The van der Waals surface area contributed by atoms with Gasteiger partial charge in [0.05, 0.1) is 27.9 Å². The lowest BCUT2D eigenvalue weighted by atomic mass is 10.00. The summed E-state index contributed by atoms with van der Waals surface area (Å²) >= 11 is 25.8. The summed E-state index contributed by atoms with van der Waals surface area (Å²) in [6.45, 7) is 4.34. The second kappa shape index (κ2) is 9.53. The van der Waals surface area contributed by atoms with Crippen LogP contribution in [0.4, 0.5) is 0 Å². The molecule has 29 heavy (non-hydrogen) atoms. The van der Waals surface area contributed by atoms with Crippen LogP contribution in [0.25, 0.3) is 22.4 Å². The minimum absolute atomic E-state index is 0.225. The summed E-state index contributed by atoms with van der Waals surface area (Å²) in [5.41, 5.74) is 3.69. The minimum Gasteiger partial charge on any atom is -0.481 e. The number of methoxy groups -OCH3 is 1. The Bertz CT molecular complexity index is 1040. The summed E-state index contributed by atoms with van der Waals surface area (Å²) in [4.78, 5) is 8.67. The molecule has 0 N–H and O–H groups in total. The number of rotatable bonds is 6. The SMILES string of the molecule is COc1nc(-c2cccc(-c3ccnc(Cl)c3Cl)c2Cl)cc(Cl)c1CCC(C)C. The van der Waals surface area contributed by atoms with E-state index in [1.54, 1.807) is 19.4 Å². The van der Waals surface area contributed by atoms with Crippen molar-refractivity contribution in [2.45, 2.75) is 26.7 Å². The molecule has 0 atom stereocenters. The van der Waals surface area contributed by atoms with Gasteiger partial charge in [-0.25, -0.2) is 9.97 Å². The molecule has 0 aliphatic rings. The van der Waals surface area contributed by atoms with E-state index in [0.717, 1.165) is 29.5 Å². The van der Waals surface area contributed by atoms with Crippen LogP contribution in [0.15, 0.2) is 36.5 Å². The van der Waals surface area contributed by atoms with E-state index in [1.807, 2.05) is 24.3 Å². The van der Waals surface area contributed by atoms with Crippen LogP contribution in [0, 0.1) is 5.92 Å². The molecule has 0 aliphatic carbocycles. The Kier molecular flexibility index (Phi) is 7.28. The Labute approximate surface area is 191 Å². The molecular formula is C22H20Cl4N2O. The van der Waals surface area contributed by atoms with Crippen LogP contribution in [0.2, 0.25) is 20.2 Å². The van der Waals surface area contributed by atoms with E-state index in [9.17, 15) is 0 Å². The molecule has 0 fully saturated rings. The largest absolute Gasteiger partial charge is 0.481 e. The zero-order valence-corrected chi connectivity index (χ0v) is 19.3. The monoisotopic (exact) mass is 468 g/mol. The van der Waals surface area contributed by atoms with Gasteiger partial charge in [-0.2, -0.15) is 0 Å². The highest BCUT2D eigenvalue weighted by Gasteiger charge is 2.18. The first kappa shape index (κ1) is 22.2. The van der Waals surface area contributed by atoms with Crippen molar-refractivity contribution in [2.75, 3.05) is 7.11 Å². The quantitative estimate of drug-likeness (QED) is 0.342. The number of halogens is 4. The first-order valence-electron chi connectivity index (χ1n) is 9.16. The van der Waals surface area contributed by atoms with Crippen molar-refractivity contribution in [3.8, 4) is 28.3 Å². The van der Waals surface area contributed by atoms with E-state index in [2.05, 4.69) is 23.8 Å². The van der Waals surface area contributed by atoms with E-state index in [-0.39, 0.29) is 5.15 Å². The highest BCUT2D eigenvalue weighted by molar-refractivity contribution is 6.44. The Hall–Kier alpha value is -1.52. The smallest absolute Gasteiger partial charge is 0.218 e. The molecule has 1 aromatic carbocycles. The maximum atomic E-state index is 6.75. The molecule has 0 unspecified atom stereocenters. The molecule has 0 spiro atoms. The fraction of sp³-hybridized carbons (Fsp3) is 0.273. The van der Waals surface area contributed by atoms with Crippen molar-refractivity contribution in [1.29, 1.82) is 0 Å². The van der Waals surface area contributed by atoms with E-state index >= 15 is 0 Å². The van der Waals surface area contributed by atoms with Gasteiger partial charge in [-0.05, 0) is 30.9 Å². The van der Waals surface area contributed by atoms with Crippen LogP contribution in [0.5, 0.6) is 5.88 Å². The van der Waals surface area contributed by atoms with Gasteiger partial charge in [-0.15, -0.1) is 0 Å². The van der Waals surface area contributed by atoms with E-state index in [1.165, 1.54) is 0 Å². The van der Waals surface area contributed by atoms with Gasteiger partial charge in [0.1, 0.15) is 5.15 Å². The van der Waals surface area contributed by atoms with Gasteiger partial charge in [0, 0.05) is 28.5 Å². The molecule has 3 aromatic rings. The molecule has 7 heteroatoms. The number of ether oxygens (including phenoxy) is 1. The van der Waals surface area contributed by atoms with Crippen molar-refractivity contribution in [1.82, 2.24) is 9.97 Å². The number of hydrogen-bond acceptors (Lipinski definition) is 3. The molecule has 0 saturated heterocycles. The Morgan fingerprint density at radius 1 is 0.966 bits per heavy atom. The second-order valence-electron chi connectivity index (χ2n) is 7.04. The molecule has 152 valence electrons. The summed E-state index contributed by atoms with van der Waals surface area (Å²) in [7, 11) is 1.60. The maximum absolute atomic E-state index is 6.75. The van der Waals surface area contributed by atoms with Gasteiger partial charge < -0.3 is 4.74 Å². The fourth-order valence-electron chi connectivity index (χ4n) is 3.05. The van der Waals surface area contributed by atoms with Crippen LogP contribution < -0.4 is 4.74 Å². The van der Waals surface area contributed by atoms with E-state index in [4.69, 9.17) is 51.1 Å². The molecule has 2 heterocycles. The van der Waals surface area contributed by atoms with Gasteiger partial charge in [0.2, 0.25) is 5.88 Å². The molecular weight excluding hydrogens is 450 g/mol. The van der Waals surface area contributed by atoms with Crippen LogP contribution >= 0.6 is 46.4 Å². The molecule has 0 saturated carbocycles. The first-order valence-corrected chi connectivity index (χ1v) is 10.7. The maximum Gasteiger partial charge on any atom is 0.218 e. The first-order chi connectivity index (χ1) is 13.8. The van der Waals surface area contributed by atoms with Gasteiger partial charge in [-0.1, -0.05) is 78.5 Å². The molecule has 0 amide bonds. The number of benzene rings is 1. The number of pyridine rings is 2. The fourth-order valence-corrected chi connectivity index (χ4v) is 4.02. The highest BCUT2D eigenvalue weighted by atomic mass is 35.5. The minimum atomic E-state index is 0.225. The number of hydrogen-bond donors (Lipinski definition) is 0. The van der Waals surface area contributed by atoms with Crippen LogP contribution in [-0.4, -0.2) is 17.1 Å². The standard InChI is InChI=1S/C22H20Cl4N2O/c1-12(2)7-8-15-17(23)11-18(28-22(15)29-3)16-6-4-5-13(19(16)24)14-9-10-27-21(26)20(14)25/h4-6,9-12H,7-8H2,1-3H3. The number of nitrogens with zero attached hydrogens (tertiary/aromatic N) is 2. The summed E-state index contributed by atoms with van der Waals surface area (Å²) < 4.78 is 5.52. The van der Waals surface area contributed by atoms with Gasteiger partial charge in [0.15, 0.2) is 0 Å². The Morgan fingerprint density at radius 3 is 2.34 bits per heavy atom. The zero-order valence-electron chi connectivity index (χ0n) is 16.3. The summed E-state index contributed by atoms with van der Waals surface area (Å²) in [6, 6.07) is 9.24. The molecule has 0 aliphatic heterocycles. The molecule has 0 bridgehead atoms. The third-order valence-electron chi connectivity index (χ3n) is 4.61. The third kappa shape index (κ3) is 4.80. The van der Waals surface area contributed by atoms with Crippen molar-refractivity contribution < 1.29 is 4.74 Å². The average Bonchev–Trinajstić information content (AvgIpc) is 2.69. The molecule has 2 aromatic heterocycles. The van der Waals surface area contributed by atoms with Crippen molar-refractivity contribution >= 4 is 46.4 Å². The van der Waals surface area contributed by atoms with Crippen molar-refractivity contribution in [2.24, 2.45) is 5.92 Å². The lowest BCUT2D eigenvalue weighted by Gasteiger charge is -2.15. The highest BCUT2D eigenvalue weighted by Crippen LogP contribution is 2.41. The van der Waals surface area contributed by atoms with Gasteiger partial charge in [0.25, 0.3) is 0 Å². The molecule has 3 nitrogen and oxygen atoms in total. The Balaban J connectivity index is 2.10. The molecule has 3 rings (SSSR count). The van der Waals surface area contributed by atoms with Gasteiger partial charge in [-0.3, -0.25) is 0 Å². The second-order valence-corrected chi connectivity index (χ2v) is 8.56. The average molecular weight is 470 g/mol. The van der Waals surface area contributed by atoms with Crippen LogP contribution in [0.1, 0.15) is 25.8 Å². The summed E-state index contributed by atoms with van der Waals surface area (Å²) in [5, 5.41) is 1.68. The van der Waals surface area contributed by atoms with Gasteiger partial charge >= 0.3 is 0 Å². The normalized spacial score (nSPS) is 11.2. The van der Waals surface area contributed by atoms with E-state index < -0.39 is 0 Å². The summed E-state index contributed by atoms with van der Waals surface area (Å²) in [6.07, 6.45) is 3.38. The number of aromatic nitrogens is 2. The Morgan fingerprint density at radius 2 is 1.66 bits per heavy atom. The van der Waals surface area contributed by atoms with Crippen LogP contribution in [-0.2, 0) is 6.42 Å². The predicted octanol–water partition coefficient (Wildman–Crippen LogP) is 8.02.